The normalized spacial score (nSPS) is 12.5. The molecule has 0 spiro atoms. The van der Waals surface area contributed by atoms with Gasteiger partial charge in [-0.25, -0.2) is 8.42 Å². The largest absolute Gasteiger partial charge is 0.350 e. The quantitative estimate of drug-likeness (QED) is 0.560. The SMILES string of the molecule is CC(NC(=O)CCCc1nc(-c2ccc(Cl)cc2)no1)c1ccc(S(C)(=O)=O)cc1. The van der Waals surface area contributed by atoms with Crippen LogP contribution in [0.4, 0.5) is 0 Å². The van der Waals surface area contributed by atoms with E-state index in [0.717, 1.165) is 17.4 Å². The predicted molar refractivity (Wildman–Crippen MR) is 114 cm³/mol. The zero-order valence-corrected chi connectivity index (χ0v) is 18.2. The van der Waals surface area contributed by atoms with E-state index in [1.165, 1.54) is 0 Å². The molecule has 0 saturated carbocycles. The fourth-order valence-corrected chi connectivity index (χ4v) is 3.63. The van der Waals surface area contributed by atoms with Gasteiger partial charge in [0.15, 0.2) is 9.84 Å². The molecule has 1 aromatic heterocycles. The van der Waals surface area contributed by atoms with Gasteiger partial charge < -0.3 is 9.84 Å². The highest BCUT2D eigenvalue weighted by molar-refractivity contribution is 7.90. The summed E-state index contributed by atoms with van der Waals surface area (Å²) in [6, 6.07) is 13.4. The predicted octanol–water partition coefficient (Wildman–Crippen LogP) is 3.99. The van der Waals surface area contributed by atoms with Gasteiger partial charge in [0.2, 0.25) is 17.6 Å². The number of halogens is 1. The Morgan fingerprint density at radius 2 is 1.80 bits per heavy atom. The van der Waals surface area contributed by atoms with Gasteiger partial charge in [0, 0.05) is 29.7 Å². The first-order valence-corrected chi connectivity index (χ1v) is 11.7. The second-order valence-corrected chi connectivity index (χ2v) is 9.45. The van der Waals surface area contributed by atoms with Gasteiger partial charge in [0.25, 0.3) is 0 Å². The number of aryl methyl sites for hydroxylation is 1. The Kier molecular flexibility index (Phi) is 6.89. The Bertz CT molecular complexity index is 1110. The molecule has 1 unspecified atom stereocenters. The van der Waals surface area contributed by atoms with Crippen LogP contribution in [0.2, 0.25) is 5.02 Å². The smallest absolute Gasteiger partial charge is 0.226 e. The molecule has 0 aliphatic carbocycles. The van der Waals surface area contributed by atoms with Gasteiger partial charge in [-0.1, -0.05) is 28.9 Å². The van der Waals surface area contributed by atoms with Crippen LogP contribution < -0.4 is 5.32 Å². The molecule has 1 amide bonds. The third-order valence-electron chi connectivity index (χ3n) is 4.55. The van der Waals surface area contributed by atoms with Crippen molar-refractivity contribution in [1.29, 1.82) is 0 Å². The molecule has 2 aromatic carbocycles. The zero-order chi connectivity index (χ0) is 21.7. The summed E-state index contributed by atoms with van der Waals surface area (Å²) in [4.78, 5) is 16.8. The highest BCUT2D eigenvalue weighted by Crippen LogP contribution is 2.19. The first-order valence-electron chi connectivity index (χ1n) is 9.40. The van der Waals surface area contributed by atoms with Crippen LogP contribution in [0.25, 0.3) is 11.4 Å². The van der Waals surface area contributed by atoms with Crippen LogP contribution in [0.1, 0.15) is 37.3 Å². The maximum absolute atomic E-state index is 12.2. The van der Waals surface area contributed by atoms with Crippen LogP contribution in [0, 0.1) is 0 Å². The molecule has 1 N–H and O–H groups in total. The lowest BCUT2D eigenvalue weighted by Crippen LogP contribution is -2.26. The van der Waals surface area contributed by atoms with Crippen molar-refractivity contribution in [2.75, 3.05) is 6.26 Å². The van der Waals surface area contributed by atoms with E-state index in [9.17, 15) is 13.2 Å². The first kappa shape index (κ1) is 22.0. The molecule has 0 bridgehead atoms. The second-order valence-electron chi connectivity index (χ2n) is 7.00. The molecule has 1 heterocycles. The maximum Gasteiger partial charge on any atom is 0.226 e. The Balaban J connectivity index is 1.47. The lowest BCUT2D eigenvalue weighted by atomic mass is 10.1. The third-order valence-corrected chi connectivity index (χ3v) is 5.93. The fourth-order valence-electron chi connectivity index (χ4n) is 2.87. The van der Waals surface area contributed by atoms with Crippen LogP contribution in [0.15, 0.2) is 57.9 Å². The average molecular weight is 448 g/mol. The van der Waals surface area contributed by atoms with Gasteiger partial charge >= 0.3 is 0 Å². The lowest BCUT2D eigenvalue weighted by molar-refractivity contribution is -0.121. The number of sulfone groups is 1. The Morgan fingerprint density at radius 3 is 2.43 bits per heavy atom. The van der Waals surface area contributed by atoms with Crippen molar-refractivity contribution in [3.63, 3.8) is 0 Å². The lowest BCUT2D eigenvalue weighted by Gasteiger charge is -2.14. The molecule has 9 heteroatoms. The van der Waals surface area contributed by atoms with Crippen molar-refractivity contribution in [2.45, 2.75) is 37.1 Å². The number of hydrogen-bond acceptors (Lipinski definition) is 6. The molecule has 0 saturated heterocycles. The minimum absolute atomic E-state index is 0.105. The molecule has 0 aliphatic heterocycles. The number of nitrogens with one attached hydrogen (secondary N) is 1. The van der Waals surface area contributed by atoms with Crippen LogP contribution >= 0.6 is 11.6 Å². The molecule has 3 aromatic rings. The standard InChI is InChI=1S/C21H22ClN3O4S/c1-14(15-8-12-18(13-9-15)30(2,27)28)23-19(26)4-3-5-20-24-21(25-29-20)16-6-10-17(22)11-7-16/h6-14H,3-5H2,1-2H3,(H,23,26). The summed E-state index contributed by atoms with van der Waals surface area (Å²) in [6.07, 6.45) is 2.53. The molecule has 1 atom stereocenters. The van der Waals surface area contributed by atoms with E-state index in [2.05, 4.69) is 15.5 Å². The third kappa shape index (κ3) is 5.90. The van der Waals surface area contributed by atoms with E-state index < -0.39 is 9.84 Å². The number of carbonyl (C=O) groups excluding carboxylic acids is 1. The number of benzene rings is 2. The fraction of sp³-hybridized carbons (Fsp3) is 0.286. The van der Waals surface area contributed by atoms with E-state index in [0.29, 0.717) is 36.0 Å². The summed E-state index contributed by atoms with van der Waals surface area (Å²) in [7, 11) is -3.24. The number of rotatable bonds is 8. The van der Waals surface area contributed by atoms with Crippen LogP contribution in [0.3, 0.4) is 0 Å². The van der Waals surface area contributed by atoms with Crippen molar-refractivity contribution in [3.05, 3.63) is 65.0 Å². The Hall–Kier alpha value is -2.71. The van der Waals surface area contributed by atoms with E-state index in [1.807, 2.05) is 19.1 Å². The van der Waals surface area contributed by atoms with E-state index in [-0.39, 0.29) is 16.8 Å². The average Bonchev–Trinajstić information content (AvgIpc) is 3.17. The van der Waals surface area contributed by atoms with Crippen LogP contribution in [0.5, 0.6) is 0 Å². The van der Waals surface area contributed by atoms with Gasteiger partial charge in [-0.15, -0.1) is 0 Å². The Labute approximate surface area is 180 Å². The molecule has 0 fully saturated rings. The minimum atomic E-state index is -3.24. The van der Waals surface area contributed by atoms with Gasteiger partial charge in [0.05, 0.1) is 10.9 Å². The van der Waals surface area contributed by atoms with Gasteiger partial charge in [0.1, 0.15) is 0 Å². The van der Waals surface area contributed by atoms with Crippen LogP contribution in [-0.4, -0.2) is 30.7 Å². The number of nitrogens with zero attached hydrogens (tertiary/aromatic N) is 2. The van der Waals surface area contributed by atoms with E-state index in [4.69, 9.17) is 16.1 Å². The van der Waals surface area contributed by atoms with Crippen molar-refractivity contribution < 1.29 is 17.7 Å². The molecule has 0 aliphatic rings. The van der Waals surface area contributed by atoms with Gasteiger partial charge in [-0.2, -0.15) is 4.98 Å². The number of amides is 1. The Morgan fingerprint density at radius 1 is 1.13 bits per heavy atom. The number of carbonyl (C=O) groups is 1. The first-order chi connectivity index (χ1) is 14.2. The monoisotopic (exact) mass is 447 g/mol. The highest BCUT2D eigenvalue weighted by atomic mass is 35.5. The topological polar surface area (TPSA) is 102 Å². The van der Waals surface area contributed by atoms with E-state index in [1.54, 1.807) is 36.4 Å². The van der Waals surface area contributed by atoms with Crippen molar-refractivity contribution in [1.82, 2.24) is 15.5 Å². The maximum atomic E-state index is 12.2. The summed E-state index contributed by atoms with van der Waals surface area (Å²) in [5.74, 6) is 0.849. The molecule has 0 radical (unpaired) electrons. The molecular formula is C21H22ClN3O4S. The second kappa shape index (κ2) is 9.40. The van der Waals surface area contributed by atoms with Crippen molar-refractivity contribution >= 4 is 27.3 Å². The number of aromatic nitrogens is 2. The van der Waals surface area contributed by atoms with E-state index >= 15 is 0 Å². The van der Waals surface area contributed by atoms with Crippen molar-refractivity contribution in [2.24, 2.45) is 0 Å². The summed E-state index contributed by atoms with van der Waals surface area (Å²) < 4.78 is 28.3. The minimum Gasteiger partial charge on any atom is -0.350 e. The molecule has 7 nitrogen and oxygen atoms in total. The summed E-state index contributed by atoms with van der Waals surface area (Å²) >= 11 is 5.88. The molecule has 30 heavy (non-hydrogen) atoms. The van der Waals surface area contributed by atoms with Gasteiger partial charge in [-0.05, 0) is 55.3 Å². The summed E-state index contributed by atoms with van der Waals surface area (Å²) in [6.45, 7) is 1.85. The zero-order valence-electron chi connectivity index (χ0n) is 16.6. The highest BCUT2D eigenvalue weighted by Gasteiger charge is 2.13. The molecular weight excluding hydrogens is 426 g/mol. The van der Waals surface area contributed by atoms with Crippen LogP contribution in [-0.2, 0) is 21.1 Å². The van der Waals surface area contributed by atoms with Crippen molar-refractivity contribution in [3.8, 4) is 11.4 Å². The number of hydrogen-bond donors (Lipinski definition) is 1. The molecule has 3 rings (SSSR count). The van der Waals surface area contributed by atoms with Gasteiger partial charge in [-0.3, -0.25) is 4.79 Å². The molecule has 158 valence electrons. The summed E-state index contributed by atoms with van der Waals surface area (Å²) in [5.41, 5.74) is 1.64. The summed E-state index contributed by atoms with van der Waals surface area (Å²) in [5, 5.41) is 7.50.